The number of aromatic nitrogens is 1. The molecule has 1 aliphatic heterocycles. The summed E-state index contributed by atoms with van der Waals surface area (Å²) < 4.78 is 0. The van der Waals surface area contributed by atoms with E-state index in [0.717, 1.165) is 57.5 Å². The zero-order valence-corrected chi connectivity index (χ0v) is 16.9. The van der Waals surface area contributed by atoms with Gasteiger partial charge < -0.3 is 14.7 Å². The molecule has 0 bridgehead atoms. The van der Waals surface area contributed by atoms with Gasteiger partial charge in [-0.05, 0) is 43.2 Å². The summed E-state index contributed by atoms with van der Waals surface area (Å²) in [5.41, 5.74) is 0.728. The van der Waals surface area contributed by atoms with Gasteiger partial charge in [0, 0.05) is 40.8 Å². The van der Waals surface area contributed by atoms with Crippen molar-refractivity contribution < 1.29 is 9.59 Å². The molecule has 26 heavy (non-hydrogen) atoms. The van der Waals surface area contributed by atoms with Crippen molar-refractivity contribution >= 4 is 29.7 Å². The molecule has 1 saturated heterocycles. The van der Waals surface area contributed by atoms with Gasteiger partial charge in [0.15, 0.2) is 0 Å². The van der Waals surface area contributed by atoms with Crippen LogP contribution in [-0.4, -0.2) is 67.9 Å². The van der Waals surface area contributed by atoms with Crippen LogP contribution in [0.5, 0.6) is 0 Å². The molecule has 1 fully saturated rings. The highest BCUT2D eigenvalue weighted by Gasteiger charge is 2.30. The second kappa shape index (κ2) is 8.71. The molecule has 144 valence electrons. The van der Waals surface area contributed by atoms with Crippen molar-refractivity contribution in [3.63, 3.8) is 0 Å². The minimum absolute atomic E-state index is 0.138. The Balaban J connectivity index is 1.94. The Bertz CT molecular complexity index is 642. The zero-order valence-electron chi connectivity index (χ0n) is 16.2. The first-order valence-corrected chi connectivity index (χ1v) is 9.42. The van der Waals surface area contributed by atoms with E-state index in [1.54, 1.807) is 25.1 Å². The van der Waals surface area contributed by atoms with Gasteiger partial charge in [0.25, 0.3) is 5.91 Å². The maximum absolute atomic E-state index is 12.1. The summed E-state index contributed by atoms with van der Waals surface area (Å²) >= 11 is 6.24. The molecular formula is C19H29ClN4O2. The SMILES string of the molecule is CN(C=O)CCCC1(C)CCN(c2ccc(C(=O)N(C)C)c(Cl)n2)CC1. The fraction of sp³-hybridized carbons (Fsp3) is 0.632. The fourth-order valence-corrected chi connectivity index (χ4v) is 3.57. The van der Waals surface area contributed by atoms with Crippen LogP contribution in [0.15, 0.2) is 12.1 Å². The Kier molecular flexibility index (Phi) is 6.87. The summed E-state index contributed by atoms with van der Waals surface area (Å²) in [4.78, 5) is 32.6. The average Bonchev–Trinajstić information content (AvgIpc) is 2.61. The summed E-state index contributed by atoms with van der Waals surface area (Å²) in [6.45, 7) is 4.97. The third-order valence-corrected chi connectivity index (χ3v) is 5.52. The minimum atomic E-state index is -0.138. The molecule has 1 aromatic rings. The monoisotopic (exact) mass is 380 g/mol. The van der Waals surface area contributed by atoms with Crippen LogP contribution in [0.2, 0.25) is 5.15 Å². The topological polar surface area (TPSA) is 56.8 Å². The largest absolute Gasteiger partial charge is 0.357 e. The standard InChI is InChI=1S/C19H29ClN4O2/c1-19(8-5-11-23(4)14-25)9-12-24(13-10-19)16-7-6-15(17(20)21-16)18(26)22(2)3/h6-7,14H,5,8-13H2,1-4H3. The van der Waals surface area contributed by atoms with Gasteiger partial charge in [-0.25, -0.2) is 4.98 Å². The minimum Gasteiger partial charge on any atom is -0.357 e. The Hall–Kier alpha value is -1.82. The number of amides is 2. The maximum Gasteiger partial charge on any atom is 0.256 e. The predicted molar refractivity (Wildman–Crippen MR) is 105 cm³/mol. The van der Waals surface area contributed by atoms with Gasteiger partial charge in [-0.3, -0.25) is 9.59 Å². The molecule has 6 nitrogen and oxygen atoms in total. The first-order chi connectivity index (χ1) is 12.3. The number of pyridine rings is 1. The van der Waals surface area contributed by atoms with Gasteiger partial charge in [-0.15, -0.1) is 0 Å². The van der Waals surface area contributed by atoms with Gasteiger partial charge in [0.05, 0.1) is 5.56 Å². The number of piperidine rings is 1. The van der Waals surface area contributed by atoms with Crippen LogP contribution in [0.1, 0.15) is 43.0 Å². The van der Waals surface area contributed by atoms with E-state index in [2.05, 4.69) is 16.8 Å². The molecule has 0 spiro atoms. The molecule has 2 heterocycles. The molecule has 0 unspecified atom stereocenters. The Morgan fingerprint density at radius 1 is 1.31 bits per heavy atom. The van der Waals surface area contributed by atoms with E-state index >= 15 is 0 Å². The van der Waals surface area contributed by atoms with E-state index in [4.69, 9.17) is 11.6 Å². The normalized spacial score (nSPS) is 16.3. The smallest absolute Gasteiger partial charge is 0.256 e. The third-order valence-electron chi connectivity index (χ3n) is 5.24. The van der Waals surface area contributed by atoms with Crippen molar-refractivity contribution in [1.82, 2.24) is 14.8 Å². The number of anilines is 1. The summed E-state index contributed by atoms with van der Waals surface area (Å²) in [6, 6.07) is 3.64. The lowest BCUT2D eigenvalue weighted by atomic mass is 9.76. The van der Waals surface area contributed by atoms with Gasteiger partial charge in [0.2, 0.25) is 6.41 Å². The molecule has 0 N–H and O–H groups in total. The molecular weight excluding hydrogens is 352 g/mol. The van der Waals surface area contributed by atoms with Crippen molar-refractivity contribution in [1.29, 1.82) is 0 Å². The number of nitrogens with zero attached hydrogens (tertiary/aromatic N) is 4. The second-order valence-electron chi connectivity index (χ2n) is 7.69. The van der Waals surface area contributed by atoms with E-state index in [0.29, 0.717) is 11.0 Å². The van der Waals surface area contributed by atoms with Gasteiger partial charge in [-0.1, -0.05) is 18.5 Å². The van der Waals surface area contributed by atoms with Crippen LogP contribution in [0.25, 0.3) is 0 Å². The molecule has 7 heteroatoms. The lowest BCUT2D eigenvalue weighted by Crippen LogP contribution is -2.39. The number of hydrogen-bond donors (Lipinski definition) is 0. The van der Waals surface area contributed by atoms with E-state index in [1.165, 1.54) is 4.90 Å². The summed E-state index contributed by atoms with van der Waals surface area (Å²) in [5, 5.41) is 0.256. The van der Waals surface area contributed by atoms with Crippen molar-refractivity contribution in [2.45, 2.75) is 32.6 Å². The first-order valence-electron chi connectivity index (χ1n) is 9.04. The predicted octanol–water partition coefficient (Wildman–Crippen LogP) is 2.91. The molecule has 1 aromatic heterocycles. The number of hydrogen-bond acceptors (Lipinski definition) is 4. The highest BCUT2D eigenvalue weighted by Crippen LogP contribution is 2.37. The van der Waals surface area contributed by atoms with E-state index in [9.17, 15) is 9.59 Å². The van der Waals surface area contributed by atoms with E-state index in [1.807, 2.05) is 13.1 Å². The van der Waals surface area contributed by atoms with E-state index < -0.39 is 0 Å². The van der Waals surface area contributed by atoms with Crippen molar-refractivity contribution in [3.05, 3.63) is 22.8 Å². The van der Waals surface area contributed by atoms with Crippen LogP contribution in [0, 0.1) is 5.41 Å². The summed E-state index contributed by atoms with van der Waals surface area (Å²) in [6.07, 6.45) is 5.18. The van der Waals surface area contributed by atoms with Crippen LogP contribution < -0.4 is 4.90 Å². The molecule has 0 aliphatic carbocycles. The molecule has 0 atom stereocenters. The highest BCUT2D eigenvalue weighted by atomic mass is 35.5. The average molecular weight is 381 g/mol. The van der Waals surface area contributed by atoms with Gasteiger partial charge in [0.1, 0.15) is 11.0 Å². The van der Waals surface area contributed by atoms with Crippen LogP contribution >= 0.6 is 11.6 Å². The van der Waals surface area contributed by atoms with Crippen LogP contribution in [0.3, 0.4) is 0 Å². The molecule has 0 aromatic carbocycles. The first kappa shape index (κ1) is 20.5. The molecule has 2 amide bonds. The molecule has 1 aliphatic rings. The number of carbonyl (C=O) groups is 2. The molecule has 2 rings (SSSR count). The summed E-state index contributed by atoms with van der Waals surface area (Å²) in [7, 11) is 5.22. The zero-order chi connectivity index (χ0) is 19.3. The van der Waals surface area contributed by atoms with Gasteiger partial charge >= 0.3 is 0 Å². The lowest BCUT2D eigenvalue weighted by Gasteiger charge is -2.40. The third kappa shape index (κ3) is 5.10. The van der Waals surface area contributed by atoms with Crippen molar-refractivity contribution in [2.75, 3.05) is 45.7 Å². The lowest BCUT2D eigenvalue weighted by molar-refractivity contribution is -0.117. The number of carbonyl (C=O) groups excluding carboxylic acids is 2. The molecule has 0 saturated carbocycles. The quantitative estimate of drug-likeness (QED) is 0.539. The highest BCUT2D eigenvalue weighted by molar-refractivity contribution is 6.32. The Labute approximate surface area is 161 Å². The van der Waals surface area contributed by atoms with Crippen LogP contribution in [0.4, 0.5) is 5.82 Å². The number of halogens is 1. The van der Waals surface area contributed by atoms with Crippen LogP contribution in [-0.2, 0) is 4.79 Å². The molecule has 0 radical (unpaired) electrons. The second-order valence-corrected chi connectivity index (χ2v) is 8.05. The maximum atomic E-state index is 12.1. The van der Waals surface area contributed by atoms with Crippen molar-refractivity contribution in [2.24, 2.45) is 5.41 Å². The Morgan fingerprint density at radius 2 is 1.96 bits per heavy atom. The van der Waals surface area contributed by atoms with Crippen molar-refractivity contribution in [3.8, 4) is 0 Å². The summed E-state index contributed by atoms with van der Waals surface area (Å²) in [5.74, 6) is 0.689. The van der Waals surface area contributed by atoms with E-state index in [-0.39, 0.29) is 11.1 Å². The Morgan fingerprint density at radius 3 is 2.50 bits per heavy atom. The number of rotatable bonds is 7. The van der Waals surface area contributed by atoms with Gasteiger partial charge in [-0.2, -0.15) is 0 Å². The fourth-order valence-electron chi connectivity index (χ4n) is 3.33.